The van der Waals surface area contributed by atoms with Crippen LogP contribution in [0.15, 0.2) is 11.4 Å². The molecule has 0 aliphatic rings. The number of ether oxygens (including phenoxy) is 1. The summed E-state index contributed by atoms with van der Waals surface area (Å²) in [6, 6.07) is 2.24. The number of hydrogen-bond donors (Lipinski definition) is 0. The molecule has 0 saturated carbocycles. The summed E-state index contributed by atoms with van der Waals surface area (Å²) in [5.41, 5.74) is 1.36. The molecule has 1 aromatic rings. The first kappa shape index (κ1) is 12.2. The van der Waals surface area contributed by atoms with Crippen molar-refractivity contribution in [2.75, 3.05) is 6.61 Å². The van der Waals surface area contributed by atoms with E-state index in [4.69, 9.17) is 4.74 Å². The van der Waals surface area contributed by atoms with Gasteiger partial charge in [0.15, 0.2) is 0 Å². The zero-order valence-corrected chi connectivity index (χ0v) is 10.4. The predicted molar refractivity (Wildman–Crippen MR) is 63.2 cm³/mol. The zero-order chi connectivity index (χ0) is 11.3. The van der Waals surface area contributed by atoms with E-state index in [1.807, 2.05) is 11.3 Å². The molecule has 15 heavy (non-hydrogen) atoms. The molecule has 1 rings (SSSR count). The van der Waals surface area contributed by atoms with Crippen molar-refractivity contribution in [2.24, 2.45) is 5.92 Å². The largest absolute Gasteiger partial charge is 0.466 e. The van der Waals surface area contributed by atoms with E-state index in [-0.39, 0.29) is 5.97 Å². The number of carbonyl (C=O) groups is 1. The van der Waals surface area contributed by atoms with Gasteiger partial charge >= 0.3 is 5.97 Å². The summed E-state index contributed by atoms with van der Waals surface area (Å²) in [6.45, 7) is 6.24. The highest BCUT2D eigenvalue weighted by Gasteiger charge is 2.07. The zero-order valence-electron chi connectivity index (χ0n) is 9.58. The van der Waals surface area contributed by atoms with Gasteiger partial charge in [0, 0.05) is 11.8 Å². The van der Waals surface area contributed by atoms with Crippen LogP contribution in [-0.2, 0) is 22.4 Å². The van der Waals surface area contributed by atoms with Crippen LogP contribution >= 0.6 is 11.3 Å². The van der Waals surface area contributed by atoms with Crippen molar-refractivity contribution < 1.29 is 9.53 Å². The van der Waals surface area contributed by atoms with Gasteiger partial charge in [0.2, 0.25) is 0 Å². The summed E-state index contributed by atoms with van der Waals surface area (Å²) >= 11 is 1.81. The molecule has 0 amide bonds. The summed E-state index contributed by atoms with van der Waals surface area (Å²) in [5, 5.41) is 2.20. The smallest absolute Gasteiger partial charge is 0.302 e. The predicted octanol–water partition coefficient (Wildman–Crippen LogP) is 3.05. The summed E-state index contributed by atoms with van der Waals surface area (Å²) in [4.78, 5) is 12.1. The maximum absolute atomic E-state index is 10.6. The fraction of sp³-hybridized carbons (Fsp3) is 0.583. The van der Waals surface area contributed by atoms with Gasteiger partial charge in [0.05, 0.1) is 6.61 Å². The first-order valence-corrected chi connectivity index (χ1v) is 6.19. The van der Waals surface area contributed by atoms with Gasteiger partial charge in [-0.1, -0.05) is 13.8 Å². The third kappa shape index (κ3) is 4.47. The van der Waals surface area contributed by atoms with Gasteiger partial charge in [-0.2, -0.15) is 0 Å². The molecule has 0 aromatic carbocycles. The number of carbonyl (C=O) groups excluding carboxylic acids is 1. The average molecular weight is 226 g/mol. The Hall–Kier alpha value is -0.830. The van der Waals surface area contributed by atoms with Crippen LogP contribution in [0.2, 0.25) is 0 Å². The molecule has 3 heteroatoms. The van der Waals surface area contributed by atoms with Gasteiger partial charge in [-0.05, 0) is 35.8 Å². The Balaban J connectivity index is 2.36. The quantitative estimate of drug-likeness (QED) is 0.721. The molecule has 0 aliphatic carbocycles. The van der Waals surface area contributed by atoms with Crippen LogP contribution in [0.4, 0.5) is 0 Å². The third-order valence-corrected chi connectivity index (χ3v) is 3.34. The van der Waals surface area contributed by atoms with E-state index in [9.17, 15) is 4.79 Å². The number of esters is 1. The molecular formula is C12H18O2S. The van der Waals surface area contributed by atoms with Gasteiger partial charge < -0.3 is 4.74 Å². The van der Waals surface area contributed by atoms with Crippen molar-refractivity contribution in [3.63, 3.8) is 0 Å². The minimum absolute atomic E-state index is 0.193. The highest BCUT2D eigenvalue weighted by molar-refractivity contribution is 7.10. The molecule has 0 fully saturated rings. The highest BCUT2D eigenvalue weighted by Crippen LogP contribution is 2.18. The van der Waals surface area contributed by atoms with Gasteiger partial charge in [-0.3, -0.25) is 4.79 Å². The molecule has 0 bridgehead atoms. The van der Waals surface area contributed by atoms with Gasteiger partial charge in [-0.25, -0.2) is 0 Å². The average Bonchev–Trinajstić information content (AvgIpc) is 2.62. The molecule has 0 radical (unpaired) electrons. The Kier molecular flexibility index (Phi) is 4.82. The topological polar surface area (TPSA) is 26.3 Å². The summed E-state index contributed by atoms with van der Waals surface area (Å²) in [6.07, 6.45) is 2.09. The van der Waals surface area contributed by atoms with Crippen molar-refractivity contribution in [3.8, 4) is 0 Å². The van der Waals surface area contributed by atoms with E-state index >= 15 is 0 Å². The minimum atomic E-state index is -0.193. The fourth-order valence-electron chi connectivity index (χ4n) is 1.44. The third-order valence-electron chi connectivity index (χ3n) is 2.21. The molecule has 84 valence electrons. The van der Waals surface area contributed by atoms with Crippen molar-refractivity contribution in [1.82, 2.24) is 0 Å². The maximum Gasteiger partial charge on any atom is 0.302 e. The molecular weight excluding hydrogens is 208 g/mol. The van der Waals surface area contributed by atoms with Crippen LogP contribution in [0.1, 0.15) is 31.2 Å². The first-order valence-electron chi connectivity index (χ1n) is 5.31. The van der Waals surface area contributed by atoms with E-state index in [1.165, 1.54) is 17.4 Å². The Bertz CT molecular complexity index is 317. The van der Waals surface area contributed by atoms with Crippen molar-refractivity contribution in [3.05, 3.63) is 21.9 Å². The molecule has 1 heterocycles. The molecule has 0 N–H and O–H groups in total. The van der Waals surface area contributed by atoms with Gasteiger partial charge in [-0.15, -0.1) is 11.3 Å². The minimum Gasteiger partial charge on any atom is -0.466 e. The van der Waals surface area contributed by atoms with Crippen LogP contribution in [0.3, 0.4) is 0 Å². The van der Waals surface area contributed by atoms with E-state index in [1.54, 1.807) is 0 Å². The second-order valence-corrected chi connectivity index (χ2v) is 4.88. The Morgan fingerprint density at radius 1 is 1.60 bits per heavy atom. The number of hydrogen-bond acceptors (Lipinski definition) is 3. The highest BCUT2D eigenvalue weighted by atomic mass is 32.1. The monoisotopic (exact) mass is 226 g/mol. The SMILES string of the molecule is CCc1cc(C[C@H](C)COC(C)=O)cs1. The lowest BCUT2D eigenvalue weighted by Gasteiger charge is -2.09. The van der Waals surface area contributed by atoms with Crippen LogP contribution < -0.4 is 0 Å². The Morgan fingerprint density at radius 2 is 2.33 bits per heavy atom. The van der Waals surface area contributed by atoms with Crippen LogP contribution in [0.5, 0.6) is 0 Å². The van der Waals surface area contributed by atoms with E-state index in [0.29, 0.717) is 12.5 Å². The molecule has 0 spiro atoms. The molecule has 0 aliphatic heterocycles. The number of aryl methyl sites for hydroxylation is 1. The summed E-state index contributed by atoms with van der Waals surface area (Å²) in [5.74, 6) is 0.203. The van der Waals surface area contributed by atoms with E-state index in [2.05, 4.69) is 25.3 Å². The standard InChI is InChI=1S/C12H18O2S/c1-4-12-6-11(8-15-12)5-9(2)7-14-10(3)13/h6,8-9H,4-5,7H2,1-3H3/t9-/m0/s1. The molecule has 0 saturated heterocycles. The van der Waals surface area contributed by atoms with Gasteiger partial charge in [0.25, 0.3) is 0 Å². The second-order valence-electron chi connectivity index (χ2n) is 3.89. The number of thiophene rings is 1. The summed E-state index contributed by atoms with van der Waals surface area (Å²) < 4.78 is 4.97. The van der Waals surface area contributed by atoms with Gasteiger partial charge in [0.1, 0.15) is 0 Å². The normalized spacial score (nSPS) is 12.5. The second kappa shape index (κ2) is 5.91. The maximum atomic E-state index is 10.6. The summed E-state index contributed by atoms with van der Waals surface area (Å²) in [7, 11) is 0. The van der Waals surface area contributed by atoms with Crippen molar-refractivity contribution in [1.29, 1.82) is 0 Å². The van der Waals surface area contributed by atoms with Crippen LogP contribution in [0.25, 0.3) is 0 Å². The van der Waals surface area contributed by atoms with E-state index in [0.717, 1.165) is 12.8 Å². The Morgan fingerprint density at radius 3 is 2.87 bits per heavy atom. The molecule has 2 nitrogen and oxygen atoms in total. The molecule has 1 aromatic heterocycles. The van der Waals surface area contributed by atoms with Crippen LogP contribution in [-0.4, -0.2) is 12.6 Å². The van der Waals surface area contributed by atoms with Crippen LogP contribution in [0, 0.1) is 5.92 Å². The Labute approximate surface area is 95.3 Å². The van der Waals surface area contributed by atoms with Crippen molar-refractivity contribution >= 4 is 17.3 Å². The molecule has 1 atom stereocenters. The lowest BCUT2D eigenvalue weighted by molar-refractivity contribution is -0.142. The number of rotatable bonds is 5. The molecule has 0 unspecified atom stereocenters. The lowest BCUT2D eigenvalue weighted by atomic mass is 10.0. The van der Waals surface area contributed by atoms with E-state index < -0.39 is 0 Å². The fourth-order valence-corrected chi connectivity index (χ4v) is 2.29. The lowest BCUT2D eigenvalue weighted by Crippen LogP contribution is -2.11. The van der Waals surface area contributed by atoms with Crippen molar-refractivity contribution in [2.45, 2.75) is 33.6 Å². The first-order chi connectivity index (χ1) is 7.11.